The molecule has 0 bridgehead atoms. The van der Waals surface area contributed by atoms with Gasteiger partial charge in [0.25, 0.3) is 0 Å². The molecular weight excluding hydrogens is 336 g/mol. The van der Waals surface area contributed by atoms with Crippen molar-refractivity contribution in [2.45, 2.75) is 45.3 Å². The van der Waals surface area contributed by atoms with E-state index in [9.17, 15) is 4.79 Å². The third-order valence-corrected chi connectivity index (χ3v) is 5.99. The minimum absolute atomic E-state index is 0.0667. The molecule has 0 aliphatic carbocycles. The van der Waals surface area contributed by atoms with Gasteiger partial charge < -0.3 is 0 Å². The van der Waals surface area contributed by atoms with Crippen LogP contribution >= 0.6 is 11.3 Å². The largest absolute Gasteiger partial charge is 0.290 e. The van der Waals surface area contributed by atoms with Crippen LogP contribution in [0.1, 0.15) is 41.4 Å². The highest BCUT2D eigenvalue weighted by atomic mass is 32.1. The summed E-state index contributed by atoms with van der Waals surface area (Å²) >= 11 is 1.81. The van der Waals surface area contributed by atoms with Crippen LogP contribution in [0.15, 0.2) is 23.7 Å². The Morgan fingerprint density at radius 2 is 2.32 bits per heavy atom. The molecule has 0 aromatic carbocycles. The van der Waals surface area contributed by atoms with Gasteiger partial charge in [-0.25, -0.2) is 5.06 Å². The van der Waals surface area contributed by atoms with Gasteiger partial charge in [-0.05, 0) is 42.8 Å². The van der Waals surface area contributed by atoms with E-state index in [0.717, 1.165) is 32.5 Å². The second-order valence-corrected chi connectivity index (χ2v) is 7.86. The van der Waals surface area contributed by atoms with E-state index in [4.69, 9.17) is 4.84 Å². The van der Waals surface area contributed by atoms with Gasteiger partial charge in [-0.2, -0.15) is 5.10 Å². The summed E-state index contributed by atoms with van der Waals surface area (Å²) in [5.41, 5.74) is 2.52. The topological polar surface area (TPSA) is 50.6 Å². The van der Waals surface area contributed by atoms with Gasteiger partial charge in [-0.15, -0.1) is 11.3 Å². The Bertz CT molecular complexity index is 735. The third-order valence-electron chi connectivity index (χ3n) is 4.98. The monoisotopic (exact) mass is 360 g/mol. The zero-order valence-corrected chi connectivity index (χ0v) is 15.4. The second-order valence-electron chi connectivity index (χ2n) is 6.86. The Morgan fingerprint density at radius 1 is 1.40 bits per heavy atom. The van der Waals surface area contributed by atoms with Crippen molar-refractivity contribution in [3.8, 4) is 0 Å². The van der Waals surface area contributed by atoms with Crippen molar-refractivity contribution in [1.82, 2.24) is 19.7 Å². The smallest absolute Gasteiger partial charge is 0.248 e. The lowest BCUT2D eigenvalue weighted by Crippen LogP contribution is -2.42. The molecule has 25 heavy (non-hydrogen) atoms. The van der Waals surface area contributed by atoms with E-state index >= 15 is 0 Å². The van der Waals surface area contributed by atoms with Crippen molar-refractivity contribution in [2.24, 2.45) is 0 Å². The molecule has 6 nitrogen and oxygen atoms in total. The van der Waals surface area contributed by atoms with Crippen LogP contribution in [-0.2, 0) is 22.7 Å². The molecule has 0 spiro atoms. The predicted molar refractivity (Wildman–Crippen MR) is 96.0 cm³/mol. The molecule has 0 unspecified atom stereocenters. The number of carbonyl (C=O) groups excluding carboxylic acids is 1. The first-order chi connectivity index (χ1) is 12.2. The van der Waals surface area contributed by atoms with Gasteiger partial charge in [0.1, 0.15) is 0 Å². The Kier molecular flexibility index (Phi) is 4.87. The molecule has 0 radical (unpaired) electrons. The molecule has 0 N–H and O–H groups in total. The maximum absolute atomic E-state index is 12.6. The van der Waals surface area contributed by atoms with Crippen LogP contribution in [0.4, 0.5) is 0 Å². The standard InChI is InChI=1S/C18H24N4O2S/c1-14-5-9-25-17(14)13-20-11-15-4-6-19-22(15)16(12-20)10-18(23)21-7-2-3-8-24-21/h4-6,9,16H,2-3,7-8,10-13H2,1H3/t16-/m0/s1. The van der Waals surface area contributed by atoms with E-state index in [-0.39, 0.29) is 11.9 Å². The molecule has 1 amide bonds. The maximum Gasteiger partial charge on any atom is 0.248 e. The number of hydrogen-bond acceptors (Lipinski definition) is 5. The van der Waals surface area contributed by atoms with E-state index in [0.29, 0.717) is 19.6 Å². The summed E-state index contributed by atoms with van der Waals surface area (Å²) in [6, 6.07) is 4.29. The highest BCUT2D eigenvalue weighted by Crippen LogP contribution is 2.27. The zero-order valence-electron chi connectivity index (χ0n) is 14.6. The maximum atomic E-state index is 12.6. The molecule has 2 aromatic rings. The molecule has 2 aliphatic rings. The van der Waals surface area contributed by atoms with Gasteiger partial charge in [0, 0.05) is 37.3 Å². The Labute approximate surface area is 151 Å². The highest BCUT2D eigenvalue weighted by Gasteiger charge is 2.30. The van der Waals surface area contributed by atoms with Gasteiger partial charge in [-0.1, -0.05) is 0 Å². The first-order valence-electron chi connectivity index (χ1n) is 8.91. The number of aryl methyl sites for hydroxylation is 1. The number of hydroxylamine groups is 2. The molecule has 134 valence electrons. The molecule has 1 atom stereocenters. The lowest BCUT2D eigenvalue weighted by Gasteiger charge is -2.35. The quantitative estimate of drug-likeness (QED) is 0.841. The first-order valence-corrected chi connectivity index (χ1v) is 9.79. The number of thiophene rings is 1. The Hall–Kier alpha value is -1.70. The molecule has 1 saturated heterocycles. The van der Waals surface area contributed by atoms with Gasteiger partial charge in [0.15, 0.2) is 0 Å². The van der Waals surface area contributed by atoms with Crippen molar-refractivity contribution in [3.05, 3.63) is 39.8 Å². The number of carbonyl (C=O) groups is 1. The minimum Gasteiger partial charge on any atom is -0.290 e. The lowest BCUT2D eigenvalue weighted by atomic mass is 10.1. The fraction of sp³-hybridized carbons (Fsp3) is 0.556. The van der Waals surface area contributed by atoms with Gasteiger partial charge in [0.2, 0.25) is 5.91 Å². The van der Waals surface area contributed by atoms with Crippen LogP contribution in [0.2, 0.25) is 0 Å². The summed E-state index contributed by atoms with van der Waals surface area (Å²) in [6.45, 7) is 6.16. The van der Waals surface area contributed by atoms with E-state index in [1.807, 2.05) is 10.9 Å². The summed E-state index contributed by atoms with van der Waals surface area (Å²) in [6.07, 6.45) is 4.33. The predicted octanol–water partition coefficient (Wildman–Crippen LogP) is 2.75. The molecule has 4 rings (SSSR count). The number of amides is 1. The fourth-order valence-electron chi connectivity index (χ4n) is 3.60. The minimum atomic E-state index is 0.0667. The molecule has 7 heteroatoms. The van der Waals surface area contributed by atoms with Crippen LogP contribution < -0.4 is 0 Å². The number of nitrogens with zero attached hydrogens (tertiary/aromatic N) is 4. The Balaban J connectivity index is 1.47. The number of fused-ring (bicyclic) bond motifs is 1. The Morgan fingerprint density at radius 3 is 3.08 bits per heavy atom. The molecule has 0 saturated carbocycles. The first kappa shape index (κ1) is 16.8. The second kappa shape index (κ2) is 7.27. The van der Waals surface area contributed by atoms with Crippen LogP contribution in [0.25, 0.3) is 0 Å². The van der Waals surface area contributed by atoms with Crippen molar-refractivity contribution < 1.29 is 9.63 Å². The number of hydrogen-bond donors (Lipinski definition) is 0. The van der Waals surface area contributed by atoms with Gasteiger partial charge >= 0.3 is 0 Å². The van der Waals surface area contributed by atoms with Crippen LogP contribution in [0.5, 0.6) is 0 Å². The van der Waals surface area contributed by atoms with Crippen LogP contribution in [0, 0.1) is 6.92 Å². The number of aromatic nitrogens is 2. The van der Waals surface area contributed by atoms with Crippen molar-refractivity contribution in [3.63, 3.8) is 0 Å². The van der Waals surface area contributed by atoms with Crippen LogP contribution in [-0.4, -0.2) is 45.3 Å². The summed E-state index contributed by atoms with van der Waals surface area (Å²) in [5, 5.41) is 8.16. The summed E-state index contributed by atoms with van der Waals surface area (Å²) in [4.78, 5) is 22.0. The van der Waals surface area contributed by atoms with Crippen molar-refractivity contribution in [2.75, 3.05) is 19.7 Å². The van der Waals surface area contributed by atoms with E-state index in [1.165, 1.54) is 16.1 Å². The van der Waals surface area contributed by atoms with Gasteiger partial charge in [-0.3, -0.25) is 19.2 Å². The normalized spacial score (nSPS) is 21.3. The molecule has 2 aliphatic heterocycles. The summed E-state index contributed by atoms with van der Waals surface area (Å²) < 4.78 is 2.03. The molecule has 2 aromatic heterocycles. The molecule has 1 fully saturated rings. The third kappa shape index (κ3) is 3.63. The van der Waals surface area contributed by atoms with E-state index < -0.39 is 0 Å². The lowest BCUT2D eigenvalue weighted by molar-refractivity contribution is -0.198. The van der Waals surface area contributed by atoms with Crippen molar-refractivity contribution in [1.29, 1.82) is 0 Å². The van der Waals surface area contributed by atoms with E-state index in [2.05, 4.69) is 34.4 Å². The molecule has 4 heterocycles. The number of rotatable bonds is 4. The summed E-state index contributed by atoms with van der Waals surface area (Å²) in [7, 11) is 0. The summed E-state index contributed by atoms with van der Waals surface area (Å²) in [5.74, 6) is 0.0697. The van der Waals surface area contributed by atoms with E-state index in [1.54, 1.807) is 16.4 Å². The molecular formula is C18H24N4O2S. The average molecular weight is 360 g/mol. The van der Waals surface area contributed by atoms with Crippen LogP contribution in [0.3, 0.4) is 0 Å². The van der Waals surface area contributed by atoms with Gasteiger partial charge in [0.05, 0.1) is 24.8 Å². The fourth-order valence-corrected chi connectivity index (χ4v) is 4.55. The zero-order chi connectivity index (χ0) is 17.2. The highest BCUT2D eigenvalue weighted by molar-refractivity contribution is 7.10. The SMILES string of the molecule is Cc1ccsc1CN1Cc2ccnn2[C@@H](CC(=O)N2CCCCO2)C1. The average Bonchev–Trinajstić information content (AvgIpc) is 3.25. The van der Waals surface area contributed by atoms with Crippen molar-refractivity contribution >= 4 is 17.2 Å².